The summed E-state index contributed by atoms with van der Waals surface area (Å²) >= 11 is 11.7. The molecule has 0 aromatic heterocycles. The quantitative estimate of drug-likeness (QED) is 0.295. The van der Waals surface area contributed by atoms with Crippen molar-refractivity contribution >= 4 is 40.4 Å². The Bertz CT molecular complexity index is 577. The lowest BCUT2D eigenvalue weighted by Gasteiger charge is -2.09. The molecule has 0 atom stereocenters. The van der Waals surface area contributed by atoms with Crippen molar-refractivity contribution in [2.24, 2.45) is 10.8 Å². The van der Waals surface area contributed by atoms with Crippen LogP contribution in [0.4, 0.5) is 5.69 Å². The van der Waals surface area contributed by atoms with E-state index in [1.54, 1.807) is 13.0 Å². The van der Waals surface area contributed by atoms with Crippen molar-refractivity contribution in [1.29, 1.82) is 10.7 Å². The van der Waals surface area contributed by atoms with Crippen molar-refractivity contribution in [3.63, 3.8) is 0 Å². The van der Waals surface area contributed by atoms with Crippen LogP contribution in [0, 0.1) is 23.7 Å². The number of nitrogens with zero attached hydrogens (tertiary/aromatic N) is 2. The molecule has 0 heterocycles. The van der Waals surface area contributed by atoms with E-state index >= 15 is 0 Å². The van der Waals surface area contributed by atoms with Gasteiger partial charge in [-0.2, -0.15) is 10.4 Å². The van der Waals surface area contributed by atoms with Gasteiger partial charge in [0.25, 0.3) is 0 Å². The molecule has 6 nitrogen and oxygen atoms in total. The molecule has 0 spiro atoms. The van der Waals surface area contributed by atoms with Crippen LogP contribution in [0.25, 0.3) is 0 Å². The van der Waals surface area contributed by atoms with Crippen LogP contribution in [0.3, 0.4) is 0 Å². The highest BCUT2D eigenvalue weighted by atomic mass is 35.5. The van der Waals surface area contributed by atoms with Crippen molar-refractivity contribution < 1.29 is 5.11 Å². The SMILES string of the molecule is Cc1c(Cl)cc(N/N=C(\C#N)C(=N)N)c(O)c1Cl. The monoisotopic (exact) mass is 285 g/mol. The van der Waals surface area contributed by atoms with Crippen molar-refractivity contribution in [1.82, 2.24) is 0 Å². The van der Waals surface area contributed by atoms with Crippen LogP contribution >= 0.6 is 23.2 Å². The number of hydrazone groups is 1. The lowest BCUT2D eigenvalue weighted by atomic mass is 10.2. The summed E-state index contributed by atoms with van der Waals surface area (Å²) in [6.45, 7) is 1.65. The number of hydrogen-bond acceptors (Lipinski definition) is 5. The number of anilines is 1. The molecule has 0 aliphatic heterocycles. The van der Waals surface area contributed by atoms with Crippen LogP contribution in [0.15, 0.2) is 11.2 Å². The summed E-state index contributed by atoms with van der Waals surface area (Å²) in [5, 5.41) is 29.4. The second kappa shape index (κ2) is 5.58. The summed E-state index contributed by atoms with van der Waals surface area (Å²) in [5.41, 5.74) is 7.81. The van der Waals surface area contributed by atoms with Crippen LogP contribution in [0.5, 0.6) is 5.75 Å². The summed E-state index contributed by atoms with van der Waals surface area (Å²) in [5.74, 6) is -0.739. The molecular formula is C10H9Cl2N5O. The van der Waals surface area contributed by atoms with Gasteiger partial charge in [-0.05, 0) is 18.6 Å². The number of nitrogens with one attached hydrogen (secondary N) is 2. The summed E-state index contributed by atoms with van der Waals surface area (Å²) in [7, 11) is 0. The molecular weight excluding hydrogens is 277 g/mol. The van der Waals surface area contributed by atoms with Gasteiger partial charge in [-0.15, -0.1) is 0 Å². The average molecular weight is 286 g/mol. The predicted octanol–water partition coefficient (Wildman–Crippen LogP) is 2.23. The van der Waals surface area contributed by atoms with Crippen LogP contribution in [0.1, 0.15) is 5.56 Å². The zero-order valence-corrected chi connectivity index (χ0v) is 10.8. The second-order valence-corrected chi connectivity index (χ2v) is 4.08. The summed E-state index contributed by atoms with van der Waals surface area (Å²) in [4.78, 5) is 0. The molecule has 18 heavy (non-hydrogen) atoms. The van der Waals surface area contributed by atoms with Crippen molar-refractivity contribution in [3.05, 3.63) is 21.7 Å². The Morgan fingerprint density at radius 2 is 2.22 bits per heavy atom. The Morgan fingerprint density at radius 1 is 1.61 bits per heavy atom. The number of aromatic hydroxyl groups is 1. The molecule has 8 heteroatoms. The van der Waals surface area contributed by atoms with Crippen molar-refractivity contribution in [2.45, 2.75) is 6.92 Å². The number of phenols is 1. The van der Waals surface area contributed by atoms with Gasteiger partial charge < -0.3 is 10.8 Å². The zero-order chi connectivity index (χ0) is 13.9. The highest BCUT2D eigenvalue weighted by Gasteiger charge is 2.12. The second-order valence-electron chi connectivity index (χ2n) is 3.29. The van der Waals surface area contributed by atoms with E-state index in [0.29, 0.717) is 10.6 Å². The number of rotatable bonds is 3. The predicted molar refractivity (Wildman–Crippen MR) is 71.4 cm³/mol. The van der Waals surface area contributed by atoms with Gasteiger partial charge in [-0.1, -0.05) is 23.2 Å². The first-order valence-corrected chi connectivity index (χ1v) is 5.39. The number of amidine groups is 1. The smallest absolute Gasteiger partial charge is 0.201 e. The molecule has 1 aromatic carbocycles. The first-order chi connectivity index (χ1) is 8.38. The van der Waals surface area contributed by atoms with Crippen LogP contribution < -0.4 is 11.2 Å². The van der Waals surface area contributed by atoms with Gasteiger partial charge in [-0.25, -0.2) is 0 Å². The molecule has 0 aliphatic rings. The number of halogens is 2. The molecule has 0 unspecified atom stereocenters. The minimum Gasteiger partial charge on any atom is -0.504 e. The molecule has 0 aliphatic carbocycles. The standard InChI is InChI=1S/C10H9Cl2N5O/c1-4-5(11)2-6(9(18)8(4)12)16-17-7(3-13)10(14)15/h2,16,18H,1H3,(H3,14,15)/b17-7+. The molecule has 1 rings (SSSR count). The molecule has 1 aromatic rings. The van der Waals surface area contributed by atoms with Gasteiger partial charge in [-0.3, -0.25) is 10.8 Å². The fourth-order valence-electron chi connectivity index (χ4n) is 1.05. The molecule has 0 bridgehead atoms. The lowest BCUT2D eigenvalue weighted by molar-refractivity contribution is 0.477. The normalized spacial score (nSPS) is 10.9. The van der Waals surface area contributed by atoms with Gasteiger partial charge >= 0.3 is 0 Å². The molecule has 0 amide bonds. The van der Waals surface area contributed by atoms with Gasteiger partial charge in [0.15, 0.2) is 11.6 Å². The van der Waals surface area contributed by atoms with Gasteiger partial charge in [0.05, 0.1) is 5.02 Å². The molecule has 0 saturated carbocycles. The molecule has 94 valence electrons. The maximum atomic E-state index is 9.74. The fraction of sp³-hybridized carbons (Fsp3) is 0.100. The Morgan fingerprint density at radius 3 is 2.72 bits per heavy atom. The summed E-state index contributed by atoms with van der Waals surface area (Å²) in [6, 6.07) is 3.02. The Kier molecular flexibility index (Phi) is 4.37. The minimum absolute atomic E-state index is 0.0848. The highest BCUT2D eigenvalue weighted by Crippen LogP contribution is 2.38. The van der Waals surface area contributed by atoms with E-state index in [4.69, 9.17) is 39.6 Å². The number of nitriles is 1. The third-order valence-corrected chi connectivity index (χ3v) is 2.93. The average Bonchev–Trinajstić information content (AvgIpc) is 2.33. The topological polar surface area (TPSA) is 118 Å². The third kappa shape index (κ3) is 2.83. The van der Waals surface area contributed by atoms with Crippen molar-refractivity contribution in [2.75, 3.05) is 5.43 Å². The van der Waals surface area contributed by atoms with Crippen molar-refractivity contribution in [3.8, 4) is 11.8 Å². The zero-order valence-electron chi connectivity index (χ0n) is 9.25. The maximum Gasteiger partial charge on any atom is 0.201 e. The van der Waals surface area contributed by atoms with Gasteiger partial charge in [0.1, 0.15) is 11.8 Å². The molecule has 0 fully saturated rings. The van der Waals surface area contributed by atoms with Crippen LogP contribution in [-0.2, 0) is 0 Å². The first-order valence-electron chi connectivity index (χ1n) is 4.64. The Labute approximate surface area is 113 Å². The minimum atomic E-state index is -0.492. The molecule has 0 saturated heterocycles. The number of benzene rings is 1. The van der Waals surface area contributed by atoms with Gasteiger partial charge in [0.2, 0.25) is 5.71 Å². The van der Waals surface area contributed by atoms with E-state index in [-0.39, 0.29) is 22.2 Å². The van der Waals surface area contributed by atoms with E-state index in [9.17, 15) is 5.11 Å². The largest absolute Gasteiger partial charge is 0.504 e. The maximum absolute atomic E-state index is 9.74. The van der Waals surface area contributed by atoms with E-state index < -0.39 is 5.84 Å². The van der Waals surface area contributed by atoms with E-state index in [1.165, 1.54) is 6.07 Å². The molecule has 0 radical (unpaired) electrons. The lowest BCUT2D eigenvalue weighted by Crippen LogP contribution is -2.21. The number of hydrogen-bond donors (Lipinski definition) is 4. The summed E-state index contributed by atoms with van der Waals surface area (Å²) in [6.07, 6.45) is 0. The first kappa shape index (κ1) is 14.1. The van der Waals surface area contributed by atoms with E-state index in [0.717, 1.165) is 0 Å². The Balaban J connectivity index is 3.15. The van der Waals surface area contributed by atoms with Crippen LogP contribution in [-0.4, -0.2) is 16.7 Å². The van der Waals surface area contributed by atoms with E-state index in [1.807, 2.05) is 0 Å². The highest BCUT2D eigenvalue weighted by molar-refractivity contribution is 6.46. The Hall–Kier alpha value is -1.97. The number of nitrogens with two attached hydrogens (primary N) is 1. The number of phenolic OH excluding ortho intramolecular Hbond substituents is 1. The van der Waals surface area contributed by atoms with Gasteiger partial charge in [0, 0.05) is 5.02 Å². The fourth-order valence-corrected chi connectivity index (χ4v) is 1.51. The van der Waals surface area contributed by atoms with E-state index in [2.05, 4.69) is 10.5 Å². The summed E-state index contributed by atoms with van der Waals surface area (Å²) < 4.78 is 0. The molecule has 5 N–H and O–H groups in total. The van der Waals surface area contributed by atoms with Crippen LogP contribution in [0.2, 0.25) is 10.0 Å². The third-order valence-electron chi connectivity index (χ3n) is 2.07.